The number of ketones is 1. The molecule has 0 aliphatic rings. The van der Waals surface area contributed by atoms with Crippen LogP contribution in [0.2, 0.25) is 0 Å². The van der Waals surface area contributed by atoms with Crippen LogP contribution in [0.4, 0.5) is 0 Å². The van der Waals surface area contributed by atoms with Gasteiger partial charge in [-0.3, -0.25) is 9.35 Å². The van der Waals surface area contributed by atoms with Crippen molar-refractivity contribution in [1.29, 1.82) is 0 Å². The Morgan fingerprint density at radius 3 is 2.23 bits per heavy atom. The number of hydrogen-bond acceptors (Lipinski definition) is 3. The number of carbonyl (C=O) groups is 1. The molecule has 0 fully saturated rings. The summed E-state index contributed by atoms with van der Waals surface area (Å²) in [5, 5.41) is 0. The predicted octanol–water partition coefficient (Wildman–Crippen LogP) is 1.05. The lowest BCUT2D eigenvalue weighted by Gasteiger charge is -2.10. The van der Waals surface area contributed by atoms with E-state index in [-0.39, 0.29) is 5.78 Å². The summed E-state index contributed by atoms with van der Waals surface area (Å²) in [6, 6.07) is 0. The van der Waals surface area contributed by atoms with Crippen LogP contribution in [0.1, 0.15) is 20.3 Å². The molecule has 13 heavy (non-hydrogen) atoms. The van der Waals surface area contributed by atoms with Gasteiger partial charge < -0.3 is 0 Å². The lowest BCUT2D eigenvalue weighted by molar-refractivity contribution is -0.118. The summed E-state index contributed by atoms with van der Waals surface area (Å²) in [6.45, 7) is 6.64. The Kier molecular flexibility index (Phi) is 4.29. The minimum Gasteiger partial charge on any atom is -0.294 e. The number of hydrogen-bond donors (Lipinski definition) is 1. The van der Waals surface area contributed by atoms with Crippen LogP contribution in [0.5, 0.6) is 0 Å². The average Bonchev–Trinajstić information content (AvgIpc) is 1.97. The van der Waals surface area contributed by atoms with E-state index in [1.54, 1.807) is 6.92 Å². The molecule has 76 valence electrons. The zero-order valence-electron chi connectivity index (χ0n) is 7.78. The molecule has 0 spiro atoms. The minimum atomic E-state index is -4.08. The van der Waals surface area contributed by atoms with Crippen molar-refractivity contribution >= 4 is 15.9 Å². The summed E-state index contributed by atoms with van der Waals surface area (Å²) in [5.74, 6) is -1.50. The molecule has 1 atom stereocenters. The van der Waals surface area contributed by atoms with Gasteiger partial charge in [0.2, 0.25) is 0 Å². The Labute approximate surface area is 78.4 Å². The second kappa shape index (κ2) is 4.53. The molecule has 0 aromatic rings. The summed E-state index contributed by atoms with van der Waals surface area (Å²) >= 11 is 0. The lowest BCUT2D eigenvalue weighted by atomic mass is 9.99. The molecule has 0 aliphatic carbocycles. The van der Waals surface area contributed by atoms with E-state index in [4.69, 9.17) is 4.55 Å². The van der Waals surface area contributed by atoms with E-state index in [0.29, 0.717) is 12.0 Å². The molecule has 0 heterocycles. The fourth-order valence-corrected chi connectivity index (χ4v) is 1.88. The van der Waals surface area contributed by atoms with Gasteiger partial charge in [0.1, 0.15) is 0 Å². The van der Waals surface area contributed by atoms with E-state index >= 15 is 0 Å². The first-order chi connectivity index (χ1) is 5.78. The van der Waals surface area contributed by atoms with Crippen LogP contribution >= 0.6 is 0 Å². The largest absolute Gasteiger partial charge is 0.294 e. The van der Waals surface area contributed by atoms with Crippen LogP contribution in [-0.4, -0.2) is 24.5 Å². The van der Waals surface area contributed by atoms with Crippen LogP contribution in [0, 0.1) is 5.92 Å². The van der Waals surface area contributed by atoms with Crippen LogP contribution in [0.25, 0.3) is 0 Å². The molecule has 0 aliphatic heterocycles. The van der Waals surface area contributed by atoms with E-state index in [9.17, 15) is 13.2 Å². The second-order valence-corrected chi connectivity index (χ2v) is 4.50. The van der Waals surface area contributed by atoms with Gasteiger partial charge in [0.15, 0.2) is 5.78 Å². The molecule has 0 aromatic heterocycles. The fourth-order valence-electron chi connectivity index (χ4n) is 0.982. The molecule has 4 nitrogen and oxygen atoms in total. The number of rotatable bonds is 5. The molecular weight excluding hydrogens is 192 g/mol. The number of allylic oxidation sites excluding steroid dienone is 1. The van der Waals surface area contributed by atoms with E-state index in [0.717, 1.165) is 0 Å². The summed E-state index contributed by atoms with van der Waals surface area (Å²) in [7, 11) is -4.08. The third-order valence-corrected chi connectivity index (χ3v) is 2.52. The van der Waals surface area contributed by atoms with Crippen molar-refractivity contribution in [3.8, 4) is 0 Å². The first-order valence-corrected chi connectivity index (χ1v) is 5.53. The highest BCUT2D eigenvalue weighted by Crippen LogP contribution is 2.11. The zero-order valence-corrected chi connectivity index (χ0v) is 8.60. The van der Waals surface area contributed by atoms with Gasteiger partial charge in [-0.15, -0.1) is 0 Å². The Balaban J connectivity index is 4.54. The van der Waals surface area contributed by atoms with E-state index in [2.05, 4.69) is 6.58 Å². The van der Waals surface area contributed by atoms with Crippen molar-refractivity contribution in [1.82, 2.24) is 0 Å². The summed E-state index contributed by atoms with van der Waals surface area (Å²) in [4.78, 5) is 11.3. The maximum atomic E-state index is 11.3. The number of Topliss-reactive ketones (excluding diaryl/α,β-unsaturated/α-hetero) is 1. The maximum Gasteiger partial charge on any atom is 0.265 e. The molecular formula is C8H14O4S. The van der Waals surface area contributed by atoms with E-state index < -0.39 is 21.8 Å². The highest BCUT2D eigenvalue weighted by Gasteiger charge is 2.22. The fraction of sp³-hybridized carbons (Fsp3) is 0.625. The Morgan fingerprint density at radius 2 is 2.00 bits per heavy atom. The van der Waals surface area contributed by atoms with Crippen LogP contribution in [0.3, 0.4) is 0 Å². The van der Waals surface area contributed by atoms with Crippen molar-refractivity contribution in [2.45, 2.75) is 20.3 Å². The monoisotopic (exact) mass is 206 g/mol. The van der Waals surface area contributed by atoms with Gasteiger partial charge >= 0.3 is 0 Å². The first kappa shape index (κ1) is 12.3. The second-order valence-electron chi connectivity index (χ2n) is 3.00. The van der Waals surface area contributed by atoms with Crippen molar-refractivity contribution < 1.29 is 17.8 Å². The molecule has 5 heteroatoms. The molecule has 0 rings (SSSR count). The quantitative estimate of drug-likeness (QED) is 0.539. The average molecular weight is 206 g/mol. The van der Waals surface area contributed by atoms with Gasteiger partial charge in [0.05, 0.1) is 5.75 Å². The Morgan fingerprint density at radius 1 is 1.54 bits per heavy atom. The van der Waals surface area contributed by atoms with Crippen molar-refractivity contribution in [3.05, 3.63) is 12.2 Å². The highest BCUT2D eigenvalue weighted by atomic mass is 32.2. The molecule has 0 aromatic carbocycles. The van der Waals surface area contributed by atoms with Gasteiger partial charge in [0, 0.05) is 5.92 Å². The molecule has 0 bridgehead atoms. The number of carbonyl (C=O) groups excluding carboxylic acids is 1. The summed E-state index contributed by atoms with van der Waals surface area (Å²) in [5.41, 5.74) is 0.315. The molecule has 0 saturated carbocycles. The molecule has 0 saturated heterocycles. The minimum absolute atomic E-state index is 0.305. The van der Waals surface area contributed by atoms with Crippen molar-refractivity contribution in [2.75, 3.05) is 5.75 Å². The van der Waals surface area contributed by atoms with Crippen LogP contribution < -0.4 is 0 Å². The third-order valence-electron chi connectivity index (χ3n) is 1.70. The molecule has 0 amide bonds. The first-order valence-electron chi connectivity index (χ1n) is 3.92. The molecule has 1 N–H and O–H groups in total. The van der Waals surface area contributed by atoms with E-state index in [1.807, 2.05) is 0 Å². The van der Waals surface area contributed by atoms with Crippen LogP contribution in [0.15, 0.2) is 12.2 Å². The zero-order chi connectivity index (χ0) is 10.6. The van der Waals surface area contributed by atoms with Gasteiger partial charge in [-0.2, -0.15) is 8.42 Å². The predicted molar refractivity (Wildman–Crippen MR) is 50.0 cm³/mol. The van der Waals surface area contributed by atoms with Gasteiger partial charge in [0.25, 0.3) is 10.1 Å². The topological polar surface area (TPSA) is 71.4 Å². The van der Waals surface area contributed by atoms with Crippen LogP contribution in [-0.2, 0) is 14.9 Å². The van der Waals surface area contributed by atoms with Gasteiger partial charge in [-0.25, -0.2) is 0 Å². The van der Waals surface area contributed by atoms with Crippen molar-refractivity contribution in [2.24, 2.45) is 5.92 Å². The smallest absolute Gasteiger partial charge is 0.265 e. The lowest BCUT2D eigenvalue weighted by Crippen LogP contribution is -2.23. The Bertz CT molecular complexity index is 302. The summed E-state index contributed by atoms with van der Waals surface area (Å²) in [6.07, 6.45) is 0.380. The van der Waals surface area contributed by atoms with Crippen molar-refractivity contribution in [3.63, 3.8) is 0 Å². The van der Waals surface area contributed by atoms with Gasteiger partial charge in [-0.1, -0.05) is 13.5 Å². The third kappa shape index (κ3) is 4.80. The maximum absolute atomic E-state index is 11.3. The van der Waals surface area contributed by atoms with E-state index in [1.165, 1.54) is 6.92 Å². The van der Waals surface area contributed by atoms with Gasteiger partial charge in [-0.05, 0) is 18.9 Å². The highest BCUT2D eigenvalue weighted by molar-refractivity contribution is 7.85. The normalized spacial score (nSPS) is 13.8. The summed E-state index contributed by atoms with van der Waals surface area (Å²) < 4.78 is 29.5. The molecule has 1 unspecified atom stereocenters. The SMILES string of the molecule is C=C(C)C(=O)C(CC)CS(=O)(=O)O. The Hall–Kier alpha value is -0.680. The molecule has 0 radical (unpaired) electrons. The standard InChI is InChI=1S/C8H14O4S/c1-4-7(5-13(10,11)12)8(9)6(2)3/h7H,2,4-5H2,1,3H3,(H,10,11,12).